The summed E-state index contributed by atoms with van der Waals surface area (Å²) in [5.74, 6) is 5.93. The first-order chi connectivity index (χ1) is 45.8. The van der Waals surface area contributed by atoms with Gasteiger partial charge < -0.3 is 23.5 Å². The summed E-state index contributed by atoms with van der Waals surface area (Å²) in [6.07, 6.45) is 22.7. The van der Waals surface area contributed by atoms with Gasteiger partial charge in [0, 0.05) is 120 Å². The highest BCUT2D eigenvalue weighted by atomic mass is 15.5. The van der Waals surface area contributed by atoms with Crippen molar-refractivity contribution in [3.8, 4) is 56.5 Å². The highest BCUT2D eigenvalue weighted by Gasteiger charge is 2.35. The van der Waals surface area contributed by atoms with E-state index in [2.05, 4.69) is 149 Å². The Kier molecular flexibility index (Phi) is 12.3. The molecule has 0 N–H and O–H groups in total. The minimum atomic E-state index is -2.42. The molecule has 14 aromatic rings. The topological polar surface area (TPSA) is 112 Å². The van der Waals surface area contributed by atoms with Crippen molar-refractivity contribution in [2.24, 2.45) is 56.4 Å². The summed E-state index contributed by atoms with van der Waals surface area (Å²) >= 11 is 0. The van der Waals surface area contributed by atoms with Gasteiger partial charge in [0.25, 0.3) is 0 Å². The van der Waals surface area contributed by atoms with E-state index in [9.17, 15) is 0 Å². The zero-order chi connectivity index (χ0) is 69.8. The van der Waals surface area contributed by atoms with Crippen LogP contribution in [0.25, 0.3) is 79.7 Å². The third-order valence-corrected chi connectivity index (χ3v) is 17.5. The van der Waals surface area contributed by atoms with E-state index < -0.39 is 20.6 Å². The van der Waals surface area contributed by atoms with Crippen LogP contribution in [0.3, 0.4) is 0 Å². The molecule has 1 atom stereocenters. The van der Waals surface area contributed by atoms with Gasteiger partial charge in [0.05, 0.1) is 48.2 Å². The predicted octanol–water partition coefficient (Wildman–Crippen LogP) is 11.2. The Balaban J connectivity index is 0.000000126. The van der Waals surface area contributed by atoms with Crippen molar-refractivity contribution in [3.05, 3.63) is 204 Å². The van der Waals surface area contributed by atoms with Crippen molar-refractivity contribution in [2.45, 2.75) is 68.3 Å². The largest absolute Gasteiger partial charge is 0.352 e. The Morgan fingerprint density at radius 2 is 0.920 bits per heavy atom. The zero-order valence-electron chi connectivity index (χ0n) is 61.6. The van der Waals surface area contributed by atoms with Crippen LogP contribution in [0, 0.1) is 55.2 Å². The average molecular weight is 1180 g/mol. The molecule has 1 aliphatic rings. The number of anilines is 3. The van der Waals surface area contributed by atoms with Crippen LogP contribution in [0.1, 0.15) is 64.3 Å². The van der Waals surface area contributed by atoms with Crippen molar-refractivity contribution < 1.29 is 26.0 Å². The maximum atomic E-state index is 8.11. The summed E-state index contributed by atoms with van der Waals surface area (Å²) in [6.45, 7) is 5.35. The number of hydrogen-bond donors (Lipinski definition) is 0. The number of nitrogens with zero attached hydrogens (tertiary/aromatic N) is 18. The maximum Gasteiger partial charge on any atom is 0.307 e. The molecule has 0 unspecified atom stereocenters. The molecule has 0 amide bonds. The summed E-state index contributed by atoms with van der Waals surface area (Å²) in [7, 11) is 18.0. The number of benzene rings is 3. The second kappa shape index (κ2) is 22.6. The van der Waals surface area contributed by atoms with E-state index in [-0.39, 0.29) is 17.3 Å². The fourth-order valence-electron chi connectivity index (χ4n) is 12.9. The fraction of sp³-hybridized carbons (Fsp3) is 0.271. The van der Waals surface area contributed by atoms with Crippen molar-refractivity contribution in [2.75, 3.05) is 16.8 Å². The molecule has 0 fully saturated rings. The molecule has 0 radical (unpaired) electrons. The predicted molar refractivity (Wildman–Crippen MR) is 351 cm³/mol. The lowest BCUT2D eigenvalue weighted by Gasteiger charge is -2.28. The normalized spacial score (nSPS) is 14.9. The third-order valence-electron chi connectivity index (χ3n) is 17.5. The monoisotopic (exact) mass is 1180 g/mol. The minimum Gasteiger partial charge on any atom is -0.352 e. The van der Waals surface area contributed by atoms with Crippen molar-refractivity contribution in [3.63, 3.8) is 0 Å². The van der Waals surface area contributed by atoms with Gasteiger partial charge in [-0.1, -0.05) is 66.2 Å². The van der Waals surface area contributed by atoms with Gasteiger partial charge in [-0.25, -0.2) is 29.1 Å². The number of fused-ring (bicyclic) bond motifs is 5. The van der Waals surface area contributed by atoms with Crippen LogP contribution in [0.4, 0.5) is 17.2 Å². The highest BCUT2D eigenvalue weighted by Crippen LogP contribution is 2.44. The molecule has 0 spiro atoms. The molecule has 1 aliphatic heterocycles. The number of para-hydroxylation sites is 2. The Labute approximate surface area is 527 Å². The highest BCUT2D eigenvalue weighted by molar-refractivity contribution is 5.84. The summed E-state index contributed by atoms with van der Waals surface area (Å²) in [6, 6.07) is 27.1. The summed E-state index contributed by atoms with van der Waals surface area (Å²) < 4.78 is 96.8. The van der Waals surface area contributed by atoms with Crippen LogP contribution in [-0.2, 0) is 56.4 Å². The van der Waals surface area contributed by atoms with Crippen LogP contribution in [0.5, 0.6) is 0 Å². The van der Waals surface area contributed by atoms with Gasteiger partial charge >= 0.3 is 5.82 Å². The first-order valence-corrected chi connectivity index (χ1v) is 29.1. The van der Waals surface area contributed by atoms with Crippen LogP contribution in [0.2, 0.25) is 0 Å². The number of pyridine rings is 2. The molecule has 3 aromatic carbocycles. The number of rotatable bonds is 6. The number of aromatic nitrogens is 16. The maximum absolute atomic E-state index is 8.11. The molecule has 12 heterocycles. The zero-order valence-corrected chi connectivity index (χ0v) is 52.6. The Bertz CT molecular complexity index is 5150. The first-order valence-electron chi connectivity index (χ1n) is 33.6. The third kappa shape index (κ3) is 9.54. The molecule has 88 heavy (non-hydrogen) atoms. The molecule has 15 rings (SSSR count). The van der Waals surface area contributed by atoms with Gasteiger partial charge in [0.2, 0.25) is 34.5 Å². The number of imidazole rings is 9. The van der Waals surface area contributed by atoms with E-state index in [1.54, 1.807) is 54.6 Å². The van der Waals surface area contributed by atoms with Gasteiger partial charge in [0.15, 0.2) is 18.1 Å². The van der Waals surface area contributed by atoms with Crippen LogP contribution < -0.4 is 23.5 Å². The second-order valence-electron chi connectivity index (χ2n) is 22.9. The first kappa shape index (κ1) is 47.9. The molecule has 0 saturated heterocycles. The van der Waals surface area contributed by atoms with E-state index in [1.165, 1.54) is 40.1 Å². The van der Waals surface area contributed by atoms with E-state index >= 15 is 0 Å². The lowest BCUT2D eigenvalue weighted by molar-refractivity contribution is -0.661. The molecule has 0 aliphatic carbocycles. The SMILES string of the molecule is Cc1c(-c2n(C)cc[n+]2C)n(C)c2nccn12.Cc1c(N2c3ccccc3N(C)[C@@H]2C)n(C)c2nccn12.[2H]C([2H])([2H])c1c[n+](C)c(-c2c(C)n3ccnc3n2C)cc1-c1ccccc1.[2H]C([2H])([2H])c1cc(C)ccc1-c1cc(-c2c(C)n3ccnc3n2C)[n+](C)cc1C([2H])([2H])[2H]. The minimum absolute atomic E-state index is 0.106. The van der Waals surface area contributed by atoms with Gasteiger partial charge in [-0.2, -0.15) is 9.13 Å². The van der Waals surface area contributed by atoms with Crippen LogP contribution in [-0.4, -0.2) is 73.6 Å². The van der Waals surface area contributed by atoms with Crippen LogP contribution in [0.15, 0.2) is 159 Å². The van der Waals surface area contributed by atoms with Gasteiger partial charge in [-0.3, -0.25) is 22.2 Å². The molecule has 0 bridgehead atoms. The molecule has 0 saturated carbocycles. The molecule has 448 valence electrons. The number of hydrogen-bond acceptors (Lipinski definition) is 6. The Hall–Kier alpha value is -10.2. The van der Waals surface area contributed by atoms with Crippen molar-refractivity contribution in [1.29, 1.82) is 0 Å². The van der Waals surface area contributed by atoms with Gasteiger partial charge in [-0.05, 0) is 102 Å². The fourth-order valence-corrected chi connectivity index (χ4v) is 12.9. The van der Waals surface area contributed by atoms with Gasteiger partial charge in [0.1, 0.15) is 49.9 Å². The molecule has 18 nitrogen and oxygen atoms in total. The van der Waals surface area contributed by atoms with E-state index in [1.807, 2.05) is 144 Å². The van der Waals surface area contributed by atoms with Gasteiger partial charge in [-0.15, -0.1) is 0 Å². The quantitative estimate of drug-likeness (QED) is 0.153. The van der Waals surface area contributed by atoms with Crippen LogP contribution >= 0.6 is 0 Å². The molecular weight excluding hydrogens is 1090 g/mol. The van der Waals surface area contributed by atoms with E-state index in [4.69, 9.17) is 12.3 Å². The van der Waals surface area contributed by atoms with E-state index in [0.717, 1.165) is 74.0 Å². The van der Waals surface area contributed by atoms with Crippen molar-refractivity contribution >= 4 is 40.3 Å². The van der Waals surface area contributed by atoms with Crippen molar-refractivity contribution in [1.82, 2.24) is 60.4 Å². The number of aryl methyl sites for hydroxylation is 16. The summed E-state index contributed by atoms with van der Waals surface area (Å²) in [5.41, 5.74) is 15.5. The summed E-state index contributed by atoms with van der Waals surface area (Å²) in [4.78, 5) is 22.4. The average Bonchev–Trinajstić information content (AvgIpc) is 1.71. The molecule has 11 aromatic heterocycles. The Morgan fingerprint density at radius 3 is 1.42 bits per heavy atom. The lowest BCUT2D eigenvalue weighted by Crippen LogP contribution is -2.36. The lowest BCUT2D eigenvalue weighted by atomic mass is 9.95. The van der Waals surface area contributed by atoms with E-state index in [0.29, 0.717) is 16.7 Å². The smallest absolute Gasteiger partial charge is 0.307 e. The second-order valence-corrected chi connectivity index (χ2v) is 22.9. The summed E-state index contributed by atoms with van der Waals surface area (Å²) in [5, 5.41) is 0. The molecule has 18 heteroatoms. The standard InChI is InChI=1S/C22H25N4.C20H21N4.C16H19N5.C12H16N5/c1-14-7-8-18(15(2)11-14)19-12-20(24(5)13-16(19)3)21-17(4)26-10-9-23-22(26)25(21)6;1-14-13-22(3)18(12-17(14)16-8-6-5-7-9-16)19-15(2)24-11-10-21-20(24)23(19)4;1-11-15(19(4)16-17-9-10-20(11)16)21-12(2)18(3)13-7-5-6-8-14(13)21;1-9-10(11-14(2)7-8-15(11)3)16(4)12-13-5-6-17(9)12/h7-13H,1-6H3;5-13H,1-4H3;5-10,12H,1-4H3;5-8H,1-4H3/q2*+1;;+1/t;;12-;/m..0./s1/i2D3,3D3;1D3;;. The Morgan fingerprint density at radius 1 is 0.455 bits per heavy atom. The molecular formula is C70H81N18+3.